The third-order valence-electron chi connectivity index (χ3n) is 22.8. The first-order valence-electron chi connectivity index (χ1n) is 41.8. The fourth-order valence-electron chi connectivity index (χ4n) is 15.0. The molecular formula is C79H140N6O29. The van der Waals surface area contributed by atoms with Gasteiger partial charge in [-0.1, -0.05) is 47.5 Å². The first-order valence-corrected chi connectivity index (χ1v) is 41.8. The number of methoxy groups -OCH3 is 1. The average molecular weight is 1640 g/mol. The summed E-state index contributed by atoms with van der Waals surface area (Å²) in [5.41, 5.74) is 0. The van der Waals surface area contributed by atoms with E-state index in [4.69, 9.17) is 42.6 Å². The molecule has 6 amide bonds. The summed E-state index contributed by atoms with van der Waals surface area (Å²) in [6, 6.07) is -1.37. The lowest BCUT2D eigenvalue weighted by Gasteiger charge is -2.41. The van der Waals surface area contributed by atoms with Crippen LogP contribution in [0.15, 0.2) is 0 Å². The molecule has 660 valence electrons. The van der Waals surface area contributed by atoms with Gasteiger partial charge in [-0.05, 0) is 115 Å². The Hall–Kier alpha value is -4.68. The molecule has 5 rings (SSSR count). The lowest BCUT2D eigenvalue weighted by molar-refractivity contribution is -0.282. The number of aliphatic hydroxyl groups is 12. The number of hydrogen-bond donors (Lipinski definition) is 17. The van der Waals surface area contributed by atoms with E-state index in [1.165, 1.54) is 7.11 Å². The number of amides is 6. The molecule has 35 nitrogen and oxygen atoms in total. The number of nitrogens with one attached hydrogen (secondary N) is 5. The van der Waals surface area contributed by atoms with Crippen LogP contribution in [-0.2, 0) is 81.0 Å². The van der Waals surface area contributed by atoms with E-state index in [9.17, 15) is 99.6 Å². The molecule has 0 spiro atoms. The molecule has 11 unspecified atom stereocenters. The second-order valence-electron chi connectivity index (χ2n) is 31.8. The lowest BCUT2D eigenvalue weighted by Crippen LogP contribution is -2.55. The highest BCUT2D eigenvalue weighted by Crippen LogP contribution is 2.34. The lowest BCUT2D eigenvalue weighted by atomic mass is 9.85. The van der Waals surface area contributed by atoms with Gasteiger partial charge in [0.05, 0.1) is 75.6 Å². The molecule has 0 aliphatic carbocycles. The van der Waals surface area contributed by atoms with Crippen LogP contribution in [0.5, 0.6) is 0 Å². The zero-order valence-corrected chi connectivity index (χ0v) is 68.0. The fraction of sp³-hybridized carbons (Fsp3) is 0.899. The van der Waals surface area contributed by atoms with E-state index in [-0.39, 0.29) is 177 Å². The van der Waals surface area contributed by atoms with Gasteiger partial charge in [0.1, 0.15) is 48.5 Å². The summed E-state index contributed by atoms with van der Waals surface area (Å²) in [7, 11) is 1.51. The molecule has 5 aliphatic rings. The minimum absolute atomic E-state index is 0.0277. The number of ketones is 2. The Balaban J connectivity index is 1.20. The molecule has 5 saturated heterocycles. The van der Waals surface area contributed by atoms with E-state index in [1.54, 1.807) is 25.7 Å². The molecule has 0 aromatic carbocycles. The highest BCUT2D eigenvalue weighted by molar-refractivity contribution is 5.92. The van der Waals surface area contributed by atoms with Crippen LogP contribution in [0, 0.1) is 41.4 Å². The van der Waals surface area contributed by atoms with Crippen LogP contribution in [0.3, 0.4) is 0 Å². The predicted octanol–water partition coefficient (Wildman–Crippen LogP) is -0.691. The normalized spacial score (nSPS) is 30.6. The Bertz CT molecular complexity index is 2780. The van der Waals surface area contributed by atoms with Crippen LogP contribution < -0.4 is 26.6 Å². The van der Waals surface area contributed by atoms with Gasteiger partial charge < -0.3 is 135 Å². The van der Waals surface area contributed by atoms with Gasteiger partial charge in [0.25, 0.3) is 0 Å². The highest BCUT2D eigenvalue weighted by Gasteiger charge is 2.46. The van der Waals surface area contributed by atoms with Gasteiger partial charge in [0, 0.05) is 147 Å². The van der Waals surface area contributed by atoms with Crippen LogP contribution in [-0.4, -0.2) is 323 Å². The molecule has 5 fully saturated rings. The number of unbranched alkanes of at least 4 members (excludes halogenated alkanes) is 7. The number of hydrogen-bond acceptors (Lipinski definition) is 29. The van der Waals surface area contributed by atoms with Crippen molar-refractivity contribution in [1.29, 1.82) is 0 Å². The Morgan fingerprint density at radius 2 is 0.781 bits per heavy atom. The van der Waals surface area contributed by atoms with Crippen molar-refractivity contribution in [2.45, 2.75) is 312 Å². The monoisotopic (exact) mass is 1640 g/mol. The van der Waals surface area contributed by atoms with Crippen molar-refractivity contribution < 1.29 is 142 Å². The van der Waals surface area contributed by atoms with E-state index >= 15 is 0 Å². The van der Waals surface area contributed by atoms with Crippen molar-refractivity contribution in [3.8, 4) is 0 Å². The quantitative estimate of drug-likeness (QED) is 0.0335. The first kappa shape index (κ1) is 99.9. The number of Topliss-reactive ketones (excluding diaryl/α,β-unsaturated/α-hetero) is 2. The first-order chi connectivity index (χ1) is 54.6. The predicted molar refractivity (Wildman–Crippen MR) is 409 cm³/mol. The maximum absolute atomic E-state index is 14.7. The van der Waals surface area contributed by atoms with Crippen molar-refractivity contribution in [3.63, 3.8) is 0 Å². The number of carbonyl (C=O) groups excluding carboxylic acids is 8. The third kappa shape index (κ3) is 33.8. The number of likely N-dealkylation sites (tertiary alicyclic amines) is 1. The summed E-state index contributed by atoms with van der Waals surface area (Å²) in [5.74, 6) is -6.28. The number of carbonyl (C=O) groups is 8. The summed E-state index contributed by atoms with van der Waals surface area (Å²) in [5, 5.41) is 136. The highest BCUT2D eigenvalue weighted by atomic mass is 16.7. The van der Waals surface area contributed by atoms with E-state index in [2.05, 4.69) is 26.6 Å². The van der Waals surface area contributed by atoms with Crippen molar-refractivity contribution in [1.82, 2.24) is 31.5 Å². The average Bonchev–Trinajstić information content (AvgIpc) is 1.08. The maximum atomic E-state index is 14.7. The summed E-state index contributed by atoms with van der Waals surface area (Å²) in [4.78, 5) is 111. The van der Waals surface area contributed by atoms with Gasteiger partial charge in [0.2, 0.25) is 35.4 Å². The molecule has 0 bridgehead atoms. The van der Waals surface area contributed by atoms with Crippen LogP contribution in [0.1, 0.15) is 202 Å². The fourth-order valence-corrected chi connectivity index (χ4v) is 15.0. The van der Waals surface area contributed by atoms with Crippen LogP contribution in [0.4, 0.5) is 0 Å². The van der Waals surface area contributed by atoms with Gasteiger partial charge in [0.15, 0.2) is 30.9 Å². The summed E-state index contributed by atoms with van der Waals surface area (Å²) in [6.07, 6.45) is -8.65. The summed E-state index contributed by atoms with van der Waals surface area (Å²) >= 11 is 0. The molecule has 114 heavy (non-hydrogen) atoms. The second-order valence-corrected chi connectivity index (χ2v) is 31.8. The Morgan fingerprint density at radius 1 is 0.404 bits per heavy atom. The zero-order chi connectivity index (χ0) is 83.8. The van der Waals surface area contributed by atoms with Crippen molar-refractivity contribution in [2.24, 2.45) is 41.4 Å². The van der Waals surface area contributed by atoms with Gasteiger partial charge in [-0.25, -0.2) is 0 Å². The van der Waals surface area contributed by atoms with E-state index < -0.39 is 171 Å². The minimum Gasteiger partial charge on any atom is -0.394 e. The van der Waals surface area contributed by atoms with Crippen molar-refractivity contribution in [2.75, 3.05) is 99.3 Å². The van der Waals surface area contributed by atoms with Gasteiger partial charge in [-0.2, -0.15) is 0 Å². The molecule has 5 heterocycles. The SMILES string of the molecule is COC[C@@H]1C[C@@H](O)CN1C(=O)CCCNC(=O)C(CCCCNC(=O)C(CCCCNC(=O)CCCCO[C@@H]1OC(CO)[C@H](O)[C@H](O)C1C)CC(=O)CCCCO[C@@H]1OC(CO)[C@H](O)[C@H](C)C1C)CC(=O)C(CCCCNC(=O)CCCCO[C@@H]1OC(CO)[C@H](O)[C@H](O)C1C)NC(=O)CCCCO[C@@H]1OC(CO)[C@H](O)[C@H](O)C1C. The number of rotatable bonds is 57. The zero-order valence-electron chi connectivity index (χ0n) is 68.0. The van der Waals surface area contributed by atoms with Crippen LogP contribution in [0.2, 0.25) is 0 Å². The molecule has 25 atom stereocenters. The number of nitrogens with zero attached hydrogens (tertiary/aromatic N) is 1. The van der Waals surface area contributed by atoms with E-state index in [0.717, 1.165) is 0 Å². The van der Waals surface area contributed by atoms with Gasteiger partial charge in [-0.3, -0.25) is 38.4 Å². The second kappa shape index (κ2) is 54.5. The number of ether oxygens (including phenoxy) is 9. The topological polar surface area (TPSA) is 526 Å². The van der Waals surface area contributed by atoms with Crippen LogP contribution in [0.25, 0.3) is 0 Å². The van der Waals surface area contributed by atoms with E-state index in [1.807, 2.05) is 13.8 Å². The molecule has 35 heteroatoms. The molecular weight excluding hydrogens is 1500 g/mol. The standard InChI is InChI=1S/C79H140N6O29/c1-47-48(2)76(111-59(42-86)67(47)97)107-34-17-10-24-55(90)38-52(22-7-14-30-80-63(93)26-11-18-35-108-77-49(3)68(98)71(101)60(43-87)112-77)74(104)82-32-15-8-23-53(75(105)83-33-21-29-66(96)85-41-56(91)40-54(85)46-106-6)39-58(92)57(84-65(95)28-13-20-37-110-79-51(5)70(100)73(103)62(45-89)114-79)25-9-16-31-81-64(94)27-12-19-36-109-78-50(4)69(99)72(102)61(44-88)113-78/h47-54,56-57,59-62,67-73,76-79,86-89,91,97-103H,7-46H2,1-6H3,(H,80,93)(H,81,94)(H,82,104)(H,83,105)(H,84,95)/t47-,48?,49?,50?,51?,52?,53?,54+,56-,57?,59?,60?,61?,62?,67-,68-,69-,70-,71+,72+,73+,76-,77-,78-,79-/m1/s1. The van der Waals surface area contributed by atoms with E-state index in [0.29, 0.717) is 109 Å². The molecule has 17 N–H and O–H groups in total. The van der Waals surface area contributed by atoms with Gasteiger partial charge in [-0.15, -0.1) is 0 Å². The molecule has 0 aromatic heterocycles. The third-order valence-corrected chi connectivity index (χ3v) is 22.8. The molecule has 0 radical (unpaired) electrons. The molecule has 0 aromatic rings. The maximum Gasteiger partial charge on any atom is 0.223 e. The Labute approximate surface area is 671 Å². The van der Waals surface area contributed by atoms with Crippen LogP contribution >= 0.6 is 0 Å². The number of aliphatic hydroxyl groups excluding tert-OH is 12. The summed E-state index contributed by atoms with van der Waals surface area (Å²) in [6.45, 7) is 8.73. The minimum atomic E-state index is -1.31. The largest absolute Gasteiger partial charge is 0.394 e. The molecule has 5 aliphatic heterocycles. The Kier molecular flexibility index (Phi) is 47.7. The Morgan fingerprint density at radius 3 is 1.21 bits per heavy atom. The van der Waals surface area contributed by atoms with Crippen molar-refractivity contribution in [3.05, 3.63) is 0 Å². The molecule has 0 saturated carbocycles. The smallest absolute Gasteiger partial charge is 0.223 e. The van der Waals surface area contributed by atoms with Crippen molar-refractivity contribution >= 4 is 47.0 Å². The number of β-amino-alcohol motifs (C(OH)–C–C–N with tert-alkyl or cyclic N) is 1. The summed E-state index contributed by atoms with van der Waals surface area (Å²) < 4.78 is 51.4. The van der Waals surface area contributed by atoms with Gasteiger partial charge >= 0.3 is 0 Å².